The Hall–Kier alpha value is -1.80. The zero-order valence-electron chi connectivity index (χ0n) is 14.6. The van der Waals surface area contributed by atoms with Crippen LogP contribution in [0.3, 0.4) is 0 Å². The molecule has 1 amide bonds. The number of amides is 1. The van der Waals surface area contributed by atoms with Gasteiger partial charge in [-0.25, -0.2) is 9.97 Å². The van der Waals surface area contributed by atoms with Crippen LogP contribution in [0.1, 0.15) is 16.1 Å². The van der Waals surface area contributed by atoms with Gasteiger partial charge in [-0.05, 0) is 38.7 Å². The van der Waals surface area contributed by atoms with E-state index in [0.717, 1.165) is 15.8 Å². The van der Waals surface area contributed by atoms with Gasteiger partial charge in [-0.2, -0.15) is 0 Å². The first-order valence-corrected chi connectivity index (χ1v) is 8.94. The molecule has 0 aliphatic heterocycles. The Morgan fingerprint density at radius 1 is 1.23 bits per heavy atom. The molecule has 3 aromatic rings. The maximum absolute atomic E-state index is 12.9. The van der Waals surface area contributed by atoms with Crippen LogP contribution >= 0.6 is 35.3 Å². The smallest absolute Gasteiger partial charge is 0.280 e. The SMILES string of the molecule is Cc1cc(Cl)cc2sc(N(CCN(C)C)C(=O)c3cnccn3)nc12.Cl. The molecular weight excluding hydrogens is 393 g/mol. The number of benzene rings is 1. The zero-order valence-corrected chi connectivity index (χ0v) is 17.0. The number of fused-ring (bicyclic) bond motifs is 1. The van der Waals surface area contributed by atoms with Gasteiger partial charge in [0.05, 0.1) is 16.4 Å². The molecule has 2 aromatic heterocycles. The number of likely N-dealkylation sites (N-methyl/N-ethyl adjacent to an activating group) is 1. The molecule has 3 rings (SSSR count). The first-order valence-electron chi connectivity index (χ1n) is 7.75. The number of anilines is 1. The summed E-state index contributed by atoms with van der Waals surface area (Å²) in [6.45, 7) is 3.18. The van der Waals surface area contributed by atoms with E-state index in [-0.39, 0.29) is 18.3 Å². The van der Waals surface area contributed by atoms with Crippen LogP contribution in [0.4, 0.5) is 5.13 Å². The molecule has 1 aromatic carbocycles. The van der Waals surface area contributed by atoms with E-state index in [9.17, 15) is 4.79 Å². The van der Waals surface area contributed by atoms with Crippen molar-refractivity contribution in [3.8, 4) is 0 Å². The van der Waals surface area contributed by atoms with Crippen molar-refractivity contribution in [3.63, 3.8) is 0 Å². The molecule has 0 radical (unpaired) electrons. The topological polar surface area (TPSA) is 62.2 Å². The second-order valence-electron chi connectivity index (χ2n) is 5.92. The minimum absolute atomic E-state index is 0. The predicted molar refractivity (Wildman–Crippen MR) is 109 cm³/mol. The summed E-state index contributed by atoms with van der Waals surface area (Å²) in [5.41, 5.74) is 2.16. The number of hydrogen-bond acceptors (Lipinski definition) is 6. The van der Waals surface area contributed by atoms with Crippen LogP contribution in [0.5, 0.6) is 0 Å². The lowest BCUT2D eigenvalue weighted by Crippen LogP contribution is -2.37. The fourth-order valence-electron chi connectivity index (χ4n) is 2.39. The Bertz CT molecular complexity index is 901. The van der Waals surface area contributed by atoms with Crippen molar-refractivity contribution in [1.82, 2.24) is 19.9 Å². The Labute approximate surface area is 167 Å². The fourth-order valence-corrected chi connectivity index (χ4v) is 3.83. The lowest BCUT2D eigenvalue weighted by atomic mass is 10.2. The van der Waals surface area contributed by atoms with E-state index >= 15 is 0 Å². The van der Waals surface area contributed by atoms with Gasteiger partial charge in [0, 0.05) is 30.5 Å². The van der Waals surface area contributed by atoms with Crippen LogP contribution in [0, 0.1) is 6.92 Å². The van der Waals surface area contributed by atoms with Crippen LogP contribution in [-0.4, -0.2) is 52.9 Å². The normalized spacial score (nSPS) is 10.8. The van der Waals surface area contributed by atoms with E-state index in [1.54, 1.807) is 11.1 Å². The Kier molecular flexibility index (Phi) is 6.88. The first-order chi connectivity index (χ1) is 12.0. The maximum atomic E-state index is 12.9. The van der Waals surface area contributed by atoms with E-state index in [1.165, 1.54) is 23.7 Å². The molecule has 2 heterocycles. The Morgan fingerprint density at radius 2 is 2.00 bits per heavy atom. The number of halogens is 2. The molecule has 26 heavy (non-hydrogen) atoms. The summed E-state index contributed by atoms with van der Waals surface area (Å²) in [5.74, 6) is -0.210. The van der Waals surface area contributed by atoms with E-state index in [1.807, 2.05) is 38.1 Å². The van der Waals surface area contributed by atoms with Gasteiger partial charge in [-0.15, -0.1) is 12.4 Å². The second kappa shape index (κ2) is 8.73. The van der Waals surface area contributed by atoms with Gasteiger partial charge in [0.2, 0.25) is 0 Å². The fraction of sp³-hybridized carbons (Fsp3) is 0.294. The molecule has 0 saturated heterocycles. The average molecular weight is 412 g/mol. The molecule has 0 unspecified atom stereocenters. The van der Waals surface area contributed by atoms with Crippen molar-refractivity contribution in [2.45, 2.75) is 6.92 Å². The molecular formula is C17H19Cl2N5OS. The standard InChI is InChI=1S/C17H18ClN5OS.ClH/c1-11-8-12(18)9-14-15(11)21-17(25-14)23(7-6-22(2)3)16(24)13-10-19-4-5-20-13;/h4-5,8-10H,6-7H2,1-3H3;1H. The summed E-state index contributed by atoms with van der Waals surface area (Å²) in [7, 11) is 3.93. The number of hydrogen-bond donors (Lipinski definition) is 0. The molecule has 9 heteroatoms. The van der Waals surface area contributed by atoms with E-state index in [0.29, 0.717) is 28.9 Å². The predicted octanol–water partition coefficient (Wildman–Crippen LogP) is 3.68. The largest absolute Gasteiger partial charge is 0.308 e. The highest BCUT2D eigenvalue weighted by Gasteiger charge is 2.23. The van der Waals surface area contributed by atoms with Crippen molar-refractivity contribution in [2.24, 2.45) is 0 Å². The summed E-state index contributed by atoms with van der Waals surface area (Å²) in [6.07, 6.45) is 4.53. The van der Waals surface area contributed by atoms with Crippen LogP contribution in [0.25, 0.3) is 10.2 Å². The van der Waals surface area contributed by atoms with Gasteiger partial charge in [0.15, 0.2) is 5.13 Å². The third kappa shape index (κ3) is 4.48. The summed E-state index contributed by atoms with van der Waals surface area (Å²) >= 11 is 7.60. The van der Waals surface area contributed by atoms with Crippen molar-refractivity contribution in [3.05, 3.63) is 47.0 Å². The summed E-state index contributed by atoms with van der Waals surface area (Å²) in [5, 5.41) is 1.30. The van der Waals surface area contributed by atoms with E-state index in [2.05, 4.69) is 15.0 Å². The zero-order chi connectivity index (χ0) is 18.0. The van der Waals surface area contributed by atoms with Gasteiger partial charge in [-0.3, -0.25) is 14.7 Å². The van der Waals surface area contributed by atoms with Crippen LogP contribution < -0.4 is 4.90 Å². The van der Waals surface area contributed by atoms with E-state index in [4.69, 9.17) is 11.6 Å². The monoisotopic (exact) mass is 411 g/mol. The lowest BCUT2D eigenvalue weighted by Gasteiger charge is -2.21. The minimum Gasteiger partial charge on any atom is -0.308 e. The quantitative estimate of drug-likeness (QED) is 0.640. The Balaban J connectivity index is 0.00000243. The highest BCUT2D eigenvalue weighted by atomic mass is 35.5. The highest BCUT2D eigenvalue weighted by molar-refractivity contribution is 7.22. The van der Waals surface area contributed by atoms with Gasteiger partial charge in [0.1, 0.15) is 5.69 Å². The van der Waals surface area contributed by atoms with Crippen molar-refractivity contribution in [2.75, 3.05) is 32.1 Å². The number of nitrogens with zero attached hydrogens (tertiary/aromatic N) is 5. The maximum Gasteiger partial charge on any atom is 0.280 e. The van der Waals surface area contributed by atoms with Crippen LogP contribution in [0.2, 0.25) is 5.02 Å². The molecule has 0 saturated carbocycles. The molecule has 0 fully saturated rings. The summed E-state index contributed by atoms with van der Waals surface area (Å²) in [4.78, 5) is 29.4. The third-order valence-corrected chi connectivity index (χ3v) is 4.91. The lowest BCUT2D eigenvalue weighted by molar-refractivity contribution is 0.0980. The van der Waals surface area contributed by atoms with Crippen molar-refractivity contribution >= 4 is 56.6 Å². The van der Waals surface area contributed by atoms with Crippen LogP contribution in [-0.2, 0) is 0 Å². The molecule has 0 bridgehead atoms. The highest BCUT2D eigenvalue weighted by Crippen LogP contribution is 2.33. The number of carbonyl (C=O) groups is 1. The molecule has 0 aliphatic carbocycles. The molecule has 0 spiro atoms. The average Bonchev–Trinajstić information content (AvgIpc) is 2.99. The third-order valence-electron chi connectivity index (χ3n) is 3.67. The number of carbonyl (C=O) groups excluding carboxylic acids is 1. The summed E-state index contributed by atoms with van der Waals surface area (Å²) < 4.78 is 0.960. The van der Waals surface area contributed by atoms with Gasteiger partial charge < -0.3 is 4.90 Å². The Morgan fingerprint density at radius 3 is 2.65 bits per heavy atom. The van der Waals surface area contributed by atoms with Crippen LogP contribution in [0.15, 0.2) is 30.7 Å². The van der Waals surface area contributed by atoms with Gasteiger partial charge in [-0.1, -0.05) is 22.9 Å². The number of thiazole rings is 1. The number of aryl methyl sites for hydroxylation is 1. The number of aromatic nitrogens is 3. The van der Waals surface area contributed by atoms with Crippen molar-refractivity contribution in [1.29, 1.82) is 0 Å². The second-order valence-corrected chi connectivity index (χ2v) is 7.36. The molecule has 138 valence electrons. The molecule has 6 nitrogen and oxygen atoms in total. The minimum atomic E-state index is -0.210. The van der Waals surface area contributed by atoms with Gasteiger partial charge in [0.25, 0.3) is 5.91 Å². The first kappa shape index (κ1) is 20.5. The molecule has 0 atom stereocenters. The molecule has 0 N–H and O–H groups in total. The number of rotatable bonds is 5. The molecule has 0 aliphatic rings. The van der Waals surface area contributed by atoms with Crippen molar-refractivity contribution < 1.29 is 4.79 Å². The van der Waals surface area contributed by atoms with E-state index < -0.39 is 0 Å². The van der Waals surface area contributed by atoms with Gasteiger partial charge >= 0.3 is 0 Å². The summed E-state index contributed by atoms with van der Waals surface area (Å²) in [6, 6.07) is 3.75.